The highest BCUT2D eigenvalue weighted by molar-refractivity contribution is 5.86. The van der Waals surface area contributed by atoms with Crippen molar-refractivity contribution >= 4 is 16.9 Å². The fourth-order valence-electron chi connectivity index (χ4n) is 1.86. The number of benzene rings is 1. The zero-order valence-electron chi connectivity index (χ0n) is 9.97. The lowest BCUT2D eigenvalue weighted by Gasteiger charge is -2.03. The van der Waals surface area contributed by atoms with Gasteiger partial charge in [-0.25, -0.2) is 4.79 Å². The second-order valence-corrected chi connectivity index (χ2v) is 4.17. The number of aliphatic carboxylic acids is 1. The van der Waals surface area contributed by atoms with Crippen LogP contribution in [-0.2, 0) is 11.3 Å². The first-order valence-corrected chi connectivity index (χ1v) is 5.54. The van der Waals surface area contributed by atoms with Crippen LogP contribution < -0.4 is 0 Å². The van der Waals surface area contributed by atoms with Crippen LogP contribution in [0, 0.1) is 6.92 Å². The highest BCUT2D eigenvalue weighted by Gasteiger charge is 2.03. The number of carboxylic acids is 1. The van der Waals surface area contributed by atoms with Crippen LogP contribution in [0.4, 0.5) is 0 Å². The van der Waals surface area contributed by atoms with Crippen molar-refractivity contribution in [2.75, 3.05) is 0 Å². The Morgan fingerprint density at radius 2 is 2.18 bits per heavy atom. The molecule has 1 N–H and O–H groups in total. The Bertz CT molecular complexity index is 593. The van der Waals surface area contributed by atoms with Gasteiger partial charge in [-0.15, -0.1) is 0 Å². The van der Waals surface area contributed by atoms with Gasteiger partial charge in [0.15, 0.2) is 0 Å². The van der Waals surface area contributed by atoms with Crippen LogP contribution in [0.25, 0.3) is 10.9 Å². The number of carbonyl (C=O) groups is 1. The Balaban J connectivity index is 2.35. The molecule has 3 heteroatoms. The predicted octanol–water partition coefficient (Wildman–Crippen LogP) is 2.98. The monoisotopic (exact) mass is 229 g/mol. The number of hydrogen-bond acceptors (Lipinski definition) is 1. The lowest BCUT2D eigenvalue weighted by Crippen LogP contribution is -1.99. The summed E-state index contributed by atoms with van der Waals surface area (Å²) in [6.45, 7) is 4.27. The van der Waals surface area contributed by atoms with Gasteiger partial charge in [0.1, 0.15) is 0 Å². The Labute approximate surface area is 100.0 Å². The third kappa shape index (κ3) is 2.23. The van der Waals surface area contributed by atoms with Crippen LogP contribution in [0.3, 0.4) is 0 Å². The molecular formula is C14H15NO2. The number of aromatic nitrogens is 1. The number of aryl methyl sites for hydroxylation is 1. The summed E-state index contributed by atoms with van der Waals surface area (Å²) < 4.78 is 2.05. The number of allylic oxidation sites excluding steroid dienone is 1. The van der Waals surface area contributed by atoms with E-state index < -0.39 is 5.97 Å². The SMILES string of the molecule is CC(=CCn1ccc2c(C)cccc21)C(=O)O. The smallest absolute Gasteiger partial charge is 0.331 e. The van der Waals surface area contributed by atoms with Crippen molar-refractivity contribution in [1.29, 1.82) is 0 Å². The summed E-state index contributed by atoms with van der Waals surface area (Å²) in [6, 6.07) is 8.20. The predicted molar refractivity (Wildman–Crippen MR) is 68.1 cm³/mol. The average Bonchev–Trinajstić information content (AvgIpc) is 2.70. The molecular weight excluding hydrogens is 214 g/mol. The second kappa shape index (κ2) is 4.45. The van der Waals surface area contributed by atoms with Crippen molar-refractivity contribution in [2.24, 2.45) is 0 Å². The van der Waals surface area contributed by atoms with Crippen LogP contribution in [0.2, 0.25) is 0 Å². The molecule has 2 rings (SSSR count). The number of hydrogen-bond donors (Lipinski definition) is 1. The van der Waals surface area contributed by atoms with Gasteiger partial charge in [0.25, 0.3) is 0 Å². The minimum absolute atomic E-state index is 0.375. The van der Waals surface area contributed by atoms with Gasteiger partial charge in [0.05, 0.1) is 0 Å². The van der Waals surface area contributed by atoms with Gasteiger partial charge < -0.3 is 9.67 Å². The Morgan fingerprint density at radius 1 is 1.41 bits per heavy atom. The van der Waals surface area contributed by atoms with E-state index in [0.717, 1.165) is 5.52 Å². The van der Waals surface area contributed by atoms with E-state index in [1.807, 2.05) is 18.3 Å². The lowest BCUT2D eigenvalue weighted by atomic mass is 10.1. The van der Waals surface area contributed by atoms with Crippen molar-refractivity contribution in [3.8, 4) is 0 Å². The molecule has 0 atom stereocenters. The first kappa shape index (κ1) is 11.5. The molecule has 0 aliphatic carbocycles. The Kier molecular flexibility index (Phi) is 3.00. The molecule has 0 aliphatic rings. The normalized spacial score (nSPS) is 12.0. The quantitative estimate of drug-likeness (QED) is 0.822. The number of rotatable bonds is 3. The van der Waals surface area contributed by atoms with E-state index >= 15 is 0 Å². The average molecular weight is 229 g/mol. The van der Waals surface area contributed by atoms with Crippen molar-refractivity contribution in [2.45, 2.75) is 20.4 Å². The largest absolute Gasteiger partial charge is 0.478 e. The molecule has 0 bridgehead atoms. The standard InChI is InChI=1S/C14H15NO2/c1-10-4-3-5-13-12(10)7-9-15(13)8-6-11(2)14(16)17/h3-7,9H,8H2,1-2H3,(H,16,17). The first-order valence-electron chi connectivity index (χ1n) is 5.54. The first-order chi connectivity index (χ1) is 8.09. The van der Waals surface area contributed by atoms with Gasteiger partial charge in [-0.3, -0.25) is 0 Å². The van der Waals surface area contributed by atoms with E-state index in [4.69, 9.17) is 5.11 Å². The maximum absolute atomic E-state index is 10.7. The molecule has 3 nitrogen and oxygen atoms in total. The second-order valence-electron chi connectivity index (χ2n) is 4.17. The Hall–Kier alpha value is -2.03. The van der Waals surface area contributed by atoms with Gasteiger partial charge in [0, 0.05) is 29.2 Å². The van der Waals surface area contributed by atoms with E-state index in [2.05, 4.69) is 23.6 Å². The molecule has 0 amide bonds. The highest BCUT2D eigenvalue weighted by atomic mass is 16.4. The van der Waals surface area contributed by atoms with E-state index in [1.54, 1.807) is 13.0 Å². The minimum Gasteiger partial charge on any atom is -0.478 e. The van der Waals surface area contributed by atoms with Crippen LogP contribution in [0.5, 0.6) is 0 Å². The molecule has 1 heterocycles. The van der Waals surface area contributed by atoms with Gasteiger partial charge in [-0.05, 0) is 31.5 Å². The molecule has 0 spiro atoms. The summed E-state index contributed by atoms with van der Waals surface area (Å²) in [5.41, 5.74) is 2.75. The van der Waals surface area contributed by atoms with Crippen molar-refractivity contribution in [3.05, 3.63) is 47.7 Å². The molecule has 0 saturated heterocycles. The van der Waals surface area contributed by atoms with E-state index in [9.17, 15) is 4.79 Å². The summed E-state index contributed by atoms with van der Waals surface area (Å²) in [5, 5.41) is 10.0. The molecule has 1 aromatic heterocycles. The third-order valence-corrected chi connectivity index (χ3v) is 2.96. The highest BCUT2D eigenvalue weighted by Crippen LogP contribution is 2.19. The maximum Gasteiger partial charge on any atom is 0.331 e. The van der Waals surface area contributed by atoms with Crippen LogP contribution >= 0.6 is 0 Å². The van der Waals surface area contributed by atoms with Crippen molar-refractivity contribution < 1.29 is 9.90 Å². The zero-order chi connectivity index (χ0) is 12.4. The molecule has 0 fully saturated rings. The topological polar surface area (TPSA) is 42.2 Å². The summed E-state index contributed by atoms with van der Waals surface area (Å²) >= 11 is 0. The van der Waals surface area contributed by atoms with Gasteiger partial charge in [0.2, 0.25) is 0 Å². The zero-order valence-corrected chi connectivity index (χ0v) is 9.97. The van der Waals surface area contributed by atoms with E-state index in [1.165, 1.54) is 10.9 Å². The van der Waals surface area contributed by atoms with E-state index in [0.29, 0.717) is 12.1 Å². The minimum atomic E-state index is -0.863. The number of carboxylic acid groups (broad SMARTS) is 1. The molecule has 1 aromatic carbocycles. The molecule has 0 radical (unpaired) electrons. The Morgan fingerprint density at radius 3 is 2.88 bits per heavy atom. The molecule has 88 valence electrons. The molecule has 0 unspecified atom stereocenters. The van der Waals surface area contributed by atoms with Gasteiger partial charge >= 0.3 is 5.97 Å². The van der Waals surface area contributed by atoms with Crippen LogP contribution in [0.1, 0.15) is 12.5 Å². The summed E-state index contributed by atoms with van der Waals surface area (Å²) in [4.78, 5) is 10.7. The van der Waals surface area contributed by atoms with Crippen molar-refractivity contribution in [3.63, 3.8) is 0 Å². The molecule has 17 heavy (non-hydrogen) atoms. The fraction of sp³-hybridized carbons (Fsp3) is 0.214. The third-order valence-electron chi connectivity index (χ3n) is 2.96. The van der Waals surface area contributed by atoms with Crippen LogP contribution in [0.15, 0.2) is 42.1 Å². The summed E-state index contributed by atoms with van der Waals surface area (Å²) in [6.07, 6.45) is 3.72. The van der Waals surface area contributed by atoms with Crippen molar-refractivity contribution in [1.82, 2.24) is 4.57 Å². The lowest BCUT2D eigenvalue weighted by molar-refractivity contribution is -0.132. The van der Waals surface area contributed by atoms with Gasteiger partial charge in [-0.1, -0.05) is 18.2 Å². The molecule has 0 saturated carbocycles. The molecule has 0 aliphatic heterocycles. The number of nitrogens with zero attached hydrogens (tertiary/aromatic N) is 1. The van der Waals surface area contributed by atoms with E-state index in [-0.39, 0.29) is 0 Å². The summed E-state index contributed by atoms with van der Waals surface area (Å²) in [7, 11) is 0. The maximum atomic E-state index is 10.7. The summed E-state index contributed by atoms with van der Waals surface area (Å²) in [5.74, 6) is -0.863. The van der Waals surface area contributed by atoms with Crippen LogP contribution in [-0.4, -0.2) is 15.6 Å². The van der Waals surface area contributed by atoms with Gasteiger partial charge in [-0.2, -0.15) is 0 Å². The molecule has 2 aromatic rings. The fourth-order valence-corrected chi connectivity index (χ4v) is 1.86. The number of fused-ring (bicyclic) bond motifs is 1.